The lowest BCUT2D eigenvalue weighted by Gasteiger charge is -2.63. The lowest BCUT2D eigenvalue weighted by Crippen LogP contribution is -2.69. The fourth-order valence-corrected chi connectivity index (χ4v) is 5.99. The van der Waals surface area contributed by atoms with E-state index < -0.39 is 6.10 Å². The molecule has 1 saturated carbocycles. The first-order chi connectivity index (χ1) is 11.0. The SMILES string of the molecule is COC1=C2O[C@H]3C(=O)C=C[C@H]4[C@H]5CC(C=C1)C2[C@@]34CC[N+]5(C)[O-]. The Morgan fingerprint density at radius 1 is 1.39 bits per heavy atom. The van der Waals surface area contributed by atoms with Gasteiger partial charge in [0.1, 0.15) is 5.76 Å². The van der Waals surface area contributed by atoms with Gasteiger partial charge in [0.2, 0.25) is 0 Å². The number of quaternary nitrogens is 1. The molecular weight excluding hydrogens is 294 g/mol. The molecule has 0 amide bonds. The van der Waals surface area contributed by atoms with Crippen molar-refractivity contribution in [3.05, 3.63) is 41.0 Å². The number of ether oxygens (including phenoxy) is 2. The van der Waals surface area contributed by atoms with Crippen LogP contribution in [0.5, 0.6) is 0 Å². The van der Waals surface area contributed by atoms with Gasteiger partial charge in [-0.05, 0) is 18.1 Å². The largest absolute Gasteiger partial charge is 0.633 e. The molecule has 3 aliphatic carbocycles. The van der Waals surface area contributed by atoms with Crippen molar-refractivity contribution in [1.82, 2.24) is 0 Å². The smallest absolute Gasteiger partial charge is 0.196 e. The third-order valence-electron chi connectivity index (χ3n) is 6.95. The third kappa shape index (κ3) is 1.44. The predicted octanol–water partition coefficient (Wildman–Crippen LogP) is 1.91. The molecule has 2 saturated heterocycles. The molecule has 0 aromatic rings. The van der Waals surface area contributed by atoms with Crippen molar-refractivity contribution in [3.63, 3.8) is 0 Å². The molecule has 7 atom stereocenters. The van der Waals surface area contributed by atoms with E-state index in [2.05, 4.69) is 6.08 Å². The first-order valence-corrected chi connectivity index (χ1v) is 8.40. The van der Waals surface area contributed by atoms with Crippen LogP contribution in [-0.4, -0.2) is 43.3 Å². The van der Waals surface area contributed by atoms with E-state index in [1.165, 1.54) is 0 Å². The zero-order valence-electron chi connectivity index (χ0n) is 13.4. The summed E-state index contributed by atoms with van der Waals surface area (Å²) in [5.74, 6) is 2.17. The van der Waals surface area contributed by atoms with Crippen LogP contribution in [0.1, 0.15) is 12.8 Å². The molecule has 122 valence electrons. The second-order valence-corrected chi connectivity index (χ2v) is 7.78. The quantitative estimate of drug-likeness (QED) is 0.548. The van der Waals surface area contributed by atoms with Crippen LogP contribution in [-0.2, 0) is 14.3 Å². The van der Waals surface area contributed by atoms with E-state index in [1.807, 2.05) is 12.2 Å². The van der Waals surface area contributed by atoms with Crippen molar-refractivity contribution in [2.45, 2.75) is 25.0 Å². The van der Waals surface area contributed by atoms with E-state index in [1.54, 1.807) is 20.2 Å². The fourth-order valence-electron chi connectivity index (χ4n) is 5.99. The molecule has 1 spiro atoms. The number of methoxy groups -OCH3 is 1. The molecule has 2 heterocycles. The average Bonchev–Trinajstić information content (AvgIpc) is 2.88. The fraction of sp³-hybridized carbons (Fsp3) is 0.611. The Kier molecular flexibility index (Phi) is 2.45. The number of piperidine rings is 1. The number of hydroxylamine groups is 3. The lowest BCUT2D eigenvalue weighted by atomic mass is 9.48. The summed E-state index contributed by atoms with van der Waals surface area (Å²) >= 11 is 0. The highest BCUT2D eigenvalue weighted by Crippen LogP contribution is 2.67. The van der Waals surface area contributed by atoms with Gasteiger partial charge in [-0.2, -0.15) is 0 Å². The summed E-state index contributed by atoms with van der Waals surface area (Å²) in [4.78, 5) is 12.6. The molecule has 5 aliphatic rings. The molecular formula is C18H21NO4. The number of nitrogens with zero attached hydrogens (tertiary/aromatic N) is 1. The van der Waals surface area contributed by atoms with Crippen molar-refractivity contribution in [2.24, 2.45) is 23.2 Å². The second kappa shape index (κ2) is 4.08. The highest BCUT2D eigenvalue weighted by atomic mass is 16.5. The van der Waals surface area contributed by atoms with E-state index in [9.17, 15) is 10.0 Å². The minimum atomic E-state index is -0.451. The molecule has 0 aromatic heterocycles. The molecule has 0 radical (unpaired) electrons. The van der Waals surface area contributed by atoms with E-state index in [-0.39, 0.29) is 39.6 Å². The summed E-state index contributed by atoms with van der Waals surface area (Å²) in [6, 6.07) is 0.00791. The molecule has 2 aliphatic heterocycles. The molecule has 0 N–H and O–H groups in total. The highest BCUT2D eigenvalue weighted by Gasteiger charge is 2.71. The highest BCUT2D eigenvalue weighted by molar-refractivity contribution is 5.96. The van der Waals surface area contributed by atoms with Crippen molar-refractivity contribution in [1.29, 1.82) is 0 Å². The van der Waals surface area contributed by atoms with Gasteiger partial charge in [0.05, 0.1) is 26.7 Å². The van der Waals surface area contributed by atoms with Gasteiger partial charge in [-0.1, -0.05) is 12.2 Å². The summed E-state index contributed by atoms with van der Waals surface area (Å²) in [6.45, 7) is 0.560. The maximum atomic E-state index is 13.0. The number of allylic oxidation sites excluding steroid dienone is 3. The Morgan fingerprint density at radius 2 is 2.22 bits per heavy atom. The Hall–Kier alpha value is -1.59. The van der Waals surface area contributed by atoms with Crippen LogP contribution in [0.4, 0.5) is 0 Å². The third-order valence-corrected chi connectivity index (χ3v) is 6.95. The van der Waals surface area contributed by atoms with E-state index in [4.69, 9.17) is 9.47 Å². The lowest BCUT2D eigenvalue weighted by molar-refractivity contribution is -0.901. The van der Waals surface area contributed by atoms with Gasteiger partial charge in [-0.15, -0.1) is 0 Å². The van der Waals surface area contributed by atoms with Crippen LogP contribution < -0.4 is 0 Å². The maximum absolute atomic E-state index is 13.0. The van der Waals surface area contributed by atoms with E-state index >= 15 is 0 Å². The Bertz CT molecular complexity index is 691. The Labute approximate surface area is 135 Å². The standard InChI is InChI=1S/C18H21NO4/c1-19(21)8-7-18-11-4-5-13(20)17(18)23-16-14(22-2)6-3-10(15(16)18)9-12(11)19/h3-6,10-12,15,17H,7-9H2,1-2H3/t10?,11-,12+,15?,17-,18-,19?/m0/s1. The van der Waals surface area contributed by atoms with Crippen molar-refractivity contribution in [2.75, 3.05) is 20.7 Å². The number of hydrogen-bond donors (Lipinski definition) is 0. The average molecular weight is 315 g/mol. The van der Waals surface area contributed by atoms with Crippen LogP contribution in [0, 0.1) is 28.4 Å². The normalized spacial score (nSPS) is 52.3. The molecule has 23 heavy (non-hydrogen) atoms. The van der Waals surface area contributed by atoms with Gasteiger partial charge in [0, 0.05) is 30.1 Å². The number of carbonyl (C=O) groups is 1. The van der Waals surface area contributed by atoms with Crippen molar-refractivity contribution in [3.8, 4) is 0 Å². The van der Waals surface area contributed by atoms with Crippen molar-refractivity contribution >= 4 is 5.78 Å². The first kappa shape index (κ1) is 13.8. The van der Waals surface area contributed by atoms with Crippen LogP contribution >= 0.6 is 0 Å². The zero-order valence-corrected chi connectivity index (χ0v) is 13.4. The Morgan fingerprint density at radius 3 is 3.00 bits per heavy atom. The van der Waals surface area contributed by atoms with Gasteiger partial charge in [0.15, 0.2) is 17.6 Å². The van der Waals surface area contributed by atoms with Gasteiger partial charge in [-0.3, -0.25) is 4.79 Å². The zero-order chi connectivity index (χ0) is 16.0. The monoisotopic (exact) mass is 315 g/mol. The summed E-state index contributed by atoms with van der Waals surface area (Å²) in [7, 11) is 3.43. The summed E-state index contributed by atoms with van der Waals surface area (Å²) < 4.78 is 11.5. The summed E-state index contributed by atoms with van der Waals surface area (Å²) in [6.07, 6.45) is 8.90. The second-order valence-electron chi connectivity index (χ2n) is 7.78. The molecule has 5 rings (SSSR count). The molecule has 5 heteroatoms. The van der Waals surface area contributed by atoms with Gasteiger partial charge >= 0.3 is 0 Å². The van der Waals surface area contributed by atoms with Crippen molar-refractivity contribution < 1.29 is 18.9 Å². The first-order valence-electron chi connectivity index (χ1n) is 8.40. The van der Waals surface area contributed by atoms with Crippen LogP contribution in [0.3, 0.4) is 0 Å². The minimum absolute atomic E-state index is 0.00791. The number of rotatable bonds is 1. The molecule has 5 nitrogen and oxygen atoms in total. The Balaban J connectivity index is 1.75. The molecule has 3 unspecified atom stereocenters. The summed E-state index contributed by atoms with van der Waals surface area (Å²) in [5.41, 5.74) is -0.258. The van der Waals surface area contributed by atoms with Crippen LogP contribution in [0.25, 0.3) is 0 Å². The predicted molar refractivity (Wildman–Crippen MR) is 82.5 cm³/mol. The van der Waals surface area contributed by atoms with E-state index in [0.29, 0.717) is 6.54 Å². The van der Waals surface area contributed by atoms with E-state index in [0.717, 1.165) is 24.4 Å². The van der Waals surface area contributed by atoms with Crippen LogP contribution in [0.2, 0.25) is 0 Å². The molecule has 0 aromatic carbocycles. The number of likely N-dealkylation sites (tertiary alicyclic amines) is 1. The number of hydrogen-bond acceptors (Lipinski definition) is 4. The number of ketones is 1. The maximum Gasteiger partial charge on any atom is 0.196 e. The summed E-state index contributed by atoms with van der Waals surface area (Å²) in [5, 5.41) is 13.0. The van der Waals surface area contributed by atoms with Gasteiger partial charge in [-0.25, -0.2) is 0 Å². The molecule has 2 bridgehead atoms. The van der Waals surface area contributed by atoms with Gasteiger partial charge < -0.3 is 19.3 Å². The topological polar surface area (TPSA) is 58.6 Å². The minimum Gasteiger partial charge on any atom is -0.633 e. The van der Waals surface area contributed by atoms with Crippen LogP contribution in [0.15, 0.2) is 35.8 Å². The molecule has 3 fully saturated rings. The van der Waals surface area contributed by atoms with Gasteiger partial charge in [0.25, 0.3) is 0 Å². The number of carbonyl (C=O) groups excluding carboxylic acids is 1.